The Bertz CT molecular complexity index is 568. The highest BCUT2D eigenvalue weighted by Gasteiger charge is 2.11. The molecule has 1 heterocycles. The van der Waals surface area contributed by atoms with E-state index in [1.54, 1.807) is 0 Å². The number of fused-ring (bicyclic) bond motifs is 1. The Labute approximate surface area is 115 Å². The molecule has 1 N–H and O–H groups in total. The summed E-state index contributed by atoms with van der Waals surface area (Å²) < 4.78 is 6.60. The average molecular weight is 304 g/mol. The van der Waals surface area contributed by atoms with Crippen LogP contribution in [0.4, 0.5) is 5.69 Å². The van der Waals surface area contributed by atoms with Crippen LogP contribution in [-0.2, 0) is 13.0 Å². The third kappa shape index (κ3) is 2.36. The Morgan fingerprint density at radius 3 is 2.94 bits per heavy atom. The number of anilines is 1. The molecule has 0 spiro atoms. The summed E-state index contributed by atoms with van der Waals surface area (Å²) in [4.78, 5) is 0. The molecule has 3 heteroatoms. The van der Waals surface area contributed by atoms with Gasteiger partial charge in [-0.25, -0.2) is 0 Å². The third-order valence-corrected chi connectivity index (χ3v) is 3.80. The number of rotatable bonds is 3. The second-order valence-corrected chi connectivity index (χ2v) is 5.23. The third-order valence-electron chi connectivity index (χ3n) is 3.11. The quantitative estimate of drug-likeness (QED) is 0.925. The van der Waals surface area contributed by atoms with Crippen molar-refractivity contribution in [3.05, 3.63) is 58.1 Å². The predicted molar refractivity (Wildman–Crippen MR) is 77.1 cm³/mol. The maximum absolute atomic E-state index is 5.51. The van der Waals surface area contributed by atoms with Crippen molar-refractivity contribution in [2.75, 3.05) is 11.9 Å². The second kappa shape index (κ2) is 5.02. The van der Waals surface area contributed by atoms with Gasteiger partial charge in [0, 0.05) is 23.1 Å². The molecule has 0 aromatic heterocycles. The van der Waals surface area contributed by atoms with Crippen molar-refractivity contribution >= 4 is 21.6 Å². The molecule has 1 aliphatic rings. The van der Waals surface area contributed by atoms with Crippen molar-refractivity contribution < 1.29 is 4.74 Å². The van der Waals surface area contributed by atoms with Crippen molar-refractivity contribution in [1.82, 2.24) is 0 Å². The van der Waals surface area contributed by atoms with Crippen LogP contribution in [0, 0.1) is 0 Å². The van der Waals surface area contributed by atoms with E-state index in [1.807, 2.05) is 18.2 Å². The average Bonchev–Trinajstić information content (AvgIpc) is 2.85. The first-order chi connectivity index (χ1) is 8.83. The number of hydrogen-bond acceptors (Lipinski definition) is 2. The van der Waals surface area contributed by atoms with Crippen LogP contribution in [0.5, 0.6) is 5.75 Å². The fraction of sp³-hybridized carbons (Fsp3) is 0.200. The summed E-state index contributed by atoms with van der Waals surface area (Å²) in [5.41, 5.74) is 3.73. The first-order valence-electron chi connectivity index (χ1n) is 6.06. The second-order valence-electron chi connectivity index (χ2n) is 4.37. The highest BCUT2D eigenvalue weighted by Crippen LogP contribution is 2.27. The summed E-state index contributed by atoms with van der Waals surface area (Å²) >= 11 is 3.54. The first kappa shape index (κ1) is 11.6. The van der Waals surface area contributed by atoms with Gasteiger partial charge in [-0.2, -0.15) is 0 Å². The Kier molecular flexibility index (Phi) is 3.24. The predicted octanol–water partition coefficient (Wildman–Crippen LogP) is 4.00. The monoisotopic (exact) mass is 303 g/mol. The Hall–Kier alpha value is -1.48. The fourth-order valence-electron chi connectivity index (χ4n) is 2.15. The molecule has 0 saturated heterocycles. The number of nitrogens with one attached hydrogen (secondary N) is 1. The molecule has 0 saturated carbocycles. The van der Waals surface area contributed by atoms with E-state index >= 15 is 0 Å². The van der Waals surface area contributed by atoms with Crippen molar-refractivity contribution in [3.8, 4) is 5.75 Å². The highest BCUT2D eigenvalue weighted by molar-refractivity contribution is 9.10. The minimum atomic E-state index is 0.816. The Balaban J connectivity index is 1.72. The van der Waals surface area contributed by atoms with Crippen LogP contribution < -0.4 is 10.1 Å². The minimum absolute atomic E-state index is 0.816. The van der Waals surface area contributed by atoms with E-state index in [2.05, 4.69) is 45.5 Å². The zero-order chi connectivity index (χ0) is 12.4. The first-order valence-corrected chi connectivity index (χ1v) is 6.85. The zero-order valence-electron chi connectivity index (χ0n) is 9.95. The SMILES string of the molecule is Brc1ccccc1NCc1ccc2c(c1)CCO2. The maximum Gasteiger partial charge on any atom is 0.122 e. The molecule has 0 unspecified atom stereocenters. The lowest BCUT2D eigenvalue weighted by atomic mass is 10.1. The molecule has 0 amide bonds. The van der Waals surface area contributed by atoms with E-state index in [9.17, 15) is 0 Å². The van der Waals surface area contributed by atoms with Gasteiger partial charge in [0.25, 0.3) is 0 Å². The summed E-state index contributed by atoms with van der Waals surface area (Å²) in [7, 11) is 0. The lowest BCUT2D eigenvalue weighted by Gasteiger charge is -2.09. The van der Waals surface area contributed by atoms with Crippen molar-refractivity contribution in [1.29, 1.82) is 0 Å². The smallest absolute Gasteiger partial charge is 0.122 e. The summed E-state index contributed by atoms with van der Waals surface area (Å²) in [5.74, 6) is 1.04. The summed E-state index contributed by atoms with van der Waals surface area (Å²) in [5, 5.41) is 3.43. The van der Waals surface area contributed by atoms with Gasteiger partial charge in [-0.05, 0) is 45.3 Å². The number of hydrogen-bond donors (Lipinski definition) is 1. The van der Waals surface area contributed by atoms with Gasteiger partial charge < -0.3 is 10.1 Å². The van der Waals surface area contributed by atoms with Gasteiger partial charge in [-0.15, -0.1) is 0 Å². The zero-order valence-corrected chi connectivity index (χ0v) is 11.5. The standard InChI is InChI=1S/C15H14BrNO/c16-13-3-1-2-4-14(13)17-10-11-5-6-15-12(9-11)7-8-18-15/h1-6,9,17H,7-8,10H2. The lowest BCUT2D eigenvalue weighted by molar-refractivity contribution is 0.357. The number of halogens is 1. The normalized spacial score (nSPS) is 12.9. The minimum Gasteiger partial charge on any atom is -0.493 e. The molecule has 2 nitrogen and oxygen atoms in total. The molecule has 0 bridgehead atoms. The Morgan fingerprint density at radius 2 is 2.06 bits per heavy atom. The van der Waals surface area contributed by atoms with Crippen LogP contribution in [0.15, 0.2) is 46.9 Å². The van der Waals surface area contributed by atoms with Crippen molar-refractivity contribution in [3.63, 3.8) is 0 Å². The molecule has 0 radical (unpaired) electrons. The molecule has 18 heavy (non-hydrogen) atoms. The van der Waals surface area contributed by atoms with Gasteiger partial charge in [-0.3, -0.25) is 0 Å². The molecule has 0 atom stereocenters. The van der Waals surface area contributed by atoms with Crippen molar-refractivity contribution in [2.45, 2.75) is 13.0 Å². The van der Waals surface area contributed by atoms with E-state index in [1.165, 1.54) is 11.1 Å². The van der Waals surface area contributed by atoms with Gasteiger partial charge in [-0.1, -0.05) is 24.3 Å². The van der Waals surface area contributed by atoms with Crippen LogP contribution in [-0.4, -0.2) is 6.61 Å². The van der Waals surface area contributed by atoms with Crippen LogP contribution >= 0.6 is 15.9 Å². The molecule has 0 aliphatic carbocycles. The largest absolute Gasteiger partial charge is 0.493 e. The fourth-order valence-corrected chi connectivity index (χ4v) is 2.58. The van der Waals surface area contributed by atoms with Gasteiger partial charge in [0.1, 0.15) is 5.75 Å². The maximum atomic E-state index is 5.51. The van der Waals surface area contributed by atoms with E-state index in [-0.39, 0.29) is 0 Å². The molecular weight excluding hydrogens is 290 g/mol. The highest BCUT2D eigenvalue weighted by atomic mass is 79.9. The molecule has 1 aliphatic heterocycles. The van der Waals surface area contributed by atoms with Crippen LogP contribution in [0.3, 0.4) is 0 Å². The van der Waals surface area contributed by atoms with E-state index in [0.717, 1.165) is 35.5 Å². The van der Waals surface area contributed by atoms with Crippen LogP contribution in [0.25, 0.3) is 0 Å². The molecular formula is C15H14BrNO. The summed E-state index contributed by atoms with van der Waals surface area (Å²) in [6.45, 7) is 1.65. The van der Waals surface area contributed by atoms with Gasteiger partial charge >= 0.3 is 0 Å². The number of para-hydroxylation sites is 1. The van der Waals surface area contributed by atoms with Crippen LogP contribution in [0.1, 0.15) is 11.1 Å². The molecule has 2 aromatic carbocycles. The molecule has 3 rings (SSSR count). The molecule has 0 fully saturated rings. The van der Waals surface area contributed by atoms with E-state index in [4.69, 9.17) is 4.74 Å². The summed E-state index contributed by atoms with van der Waals surface area (Å²) in [6, 6.07) is 14.6. The van der Waals surface area contributed by atoms with Gasteiger partial charge in [0.2, 0.25) is 0 Å². The van der Waals surface area contributed by atoms with Crippen molar-refractivity contribution in [2.24, 2.45) is 0 Å². The van der Waals surface area contributed by atoms with Crippen LogP contribution in [0.2, 0.25) is 0 Å². The Morgan fingerprint density at radius 1 is 1.17 bits per heavy atom. The summed E-state index contributed by atoms with van der Waals surface area (Å²) in [6.07, 6.45) is 1.03. The molecule has 92 valence electrons. The molecule has 2 aromatic rings. The number of benzene rings is 2. The van der Waals surface area contributed by atoms with E-state index in [0.29, 0.717) is 0 Å². The van der Waals surface area contributed by atoms with Gasteiger partial charge in [0.05, 0.1) is 6.61 Å². The number of ether oxygens (including phenoxy) is 1. The van der Waals surface area contributed by atoms with Gasteiger partial charge in [0.15, 0.2) is 0 Å². The lowest BCUT2D eigenvalue weighted by Crippen LogP contribution is -2.00. The topological polar surface area (TPSA) is 21.3 Å². The van der Waals surface area contributed by atoms with E-state index < -0.39 is 0 Å².